The first kappa shape index (κ1) is 20.2. The van der Waals surface area contributed by atoms with Crippen molar-refractivity contribution in [2.45, 2.75) is 18.6 Å². The topological polar surface area (TPSA) is 85.8 Å². The summed E-state index contributed by atoms with van der Waals surface area (Å²) in [4.78, 5) is 16.9. The average Bonchev–Trinajstić information content (AvgIpc) is 3.46. The van der Waals surface area contributed by atoms with Crippen LogP contribution in [0.4, 0.5) is 5.13 Å². The third-order valence-corrected chi connectivity index (χ3v) is 7.02. The highest BCUT2D eigenvalue weighted by Crippen LogP contribution is 2.31. The third kappa shape index (κ3) is 4.10. The summed E-state index contributed by atoms with van der Waals surface area (Å²) in [5.74, 6) is 1.36. The Morgan fingerprint density at radius 3 is 2.94 bits per heavy atom. The fraction of sp³-hybridized carbons (Fsp3) is 0.143. The minimum absolute atomic E-state index is 0.134. The number of carbonyl (C=O) groups is 1. The van der Waals surface area contributed by atoms with Crippen LogP contribution in [0.15, 0.2) is 62.6 Å². The number of halogens is 1. The number of aromatic nitrogens is 4. The Bertz CT molecular complexity index is 1370. The Labute approximate surface area is 194 Å². The number of carbonyl (C=O) groups excluding carboxylic acids is 1. The van der Waals surface area contributed by atoms with Gasteiger partial charge in [-0.25, -0.2) is 4.98 Å². The number of fused-ring (bicyclic) bond motifs is 2. The van der Waals surface area contributed by atoms with Crippen molar-refractivity contribution in [3.8, 4) is 11.6 Å². The highest BCUT2D eigenvalue weighted by Gasteiger charge is 2.18. The lowest BCUT2D eigenvalue weighted by Crippen LogP contribution is -2.14. The number of benzene rings is 2. The van der Waals surface area contributed by atoms with E-state index in [1.54, 1.807) is 0 Å². The van der Waals surface area contributed by atoms with Crippen molar-refractivity contribution >= 4 is 71.3 Å². The maximum absolute atomic E-state index is 12.4. The molecular formula is C21H16BrN5O2S2. The lowest BCUT2D eigenvalue weighted by molar-refractivity contribution is -0.113. The van der Waals surface area contributed by atoms with Crippen LogP contribution in [0.5, 0.6) is 0 Å². The molecule has 1 N–H and O–H groups in total. The molecule has 0 fully saturated rings. The molecule has 0 spiro atoms. The van der Waals surface area contributed by atoms with E-state index in [1.165, 1.54) is 23.1 Å². The normalized spacial score (nSPS) is 11.4. The summed E-state index contributed by atoms with van der Waals surface area (Å²) in [6.07, 6.45) is 0. The van der Waals surface area contributed by atoms with E-state index in [0.717, 1.165) is 25.7 Å². The van der Waals surface area contributed by atoms with Crippen molar-refractivity contribution in [1.82, 2.24) is 19.7 Å². The van der Waals surface area contributed by atoms with Gasteiger partial charge in [0, 0.05) is 16.4 Å². The van der Waals surface area contributed by atoms with E-state index in [0.29, 0.717) is 28.4 Å². The number of para-hydroxylation sites is 1. The van der Waals surface area contributed by atoms with Crippen molar-refractivity contribution in [2.75, 3.05) is 11.1 Å². The van der Waals surface area contributed by atoms with Gasteiger partial charge >= 0.3 is 0 Å². The SMILES string of the molecule is CCn1c(SCC(=O)Nc2nc3ccccc3s2)nnc1-c1cc2cc(Br)ccc2o1. The van der Waals surface area contributed by atoms with Gasteiger partial charge in [0.25, 0.3) is 0 Å². The Balaban J connectivity index is 1.31. The van der Waals surface area contributed by atoms with Crippen LogP contribution in [0.2, 0.25) is 0 Å². The predicted octanol–water partition coefficient (Wildman–Crippen LogP) is 5.81. The number of hydrogen-bond acceptors (Lipinski definition) is 7. The van der Waals surface area contributed by atoms with Gasteiger partial charge in [0.1, 0.15) is 5.58 Å². The molecule has 2 aromatic carbocycles. The molecule has 1 amide bonds. The van der Waals surface area contributed by atoms with Crippen LogP contribution in [0.3, 0.4) is 0 Å². The van der Waals surface area contributed by atoms with Crippen LogP contribution in [-0.4, -0.2) is 31.4 Å². The molecule has 0 bridgehead atoms. The molecule has 0 radical (unpaired) electrons. The second-order valence-corrected chi connectivity index (χ2v) is 9.56. The van der Waals surface area contributed by atoms with Gasteiger partial charge in [0.15, 0.2) is 16.0 Å². The van der Waals surface area contributed by atoms with Gasteiger partial charge in [-0.15, -0.1) is 10.2 Å². The zero-order chi connectivity index (χ0) is 21.4. The minimum Gasteiger partial charge on any atom is -0.453 e. The van der Waals surface area contributed by atoms with Crippen molar-refractivity contribution in [3.63, 3.8) is 0 Å². The second kappa shape index (κ2) is 8.45. The quantitative estimate of drug-likeness (QED) is 0.288. The molecule has 3 heterocycles. The van der Waals surface area contributed by atoms with E-state index in [1.807, 2.05) is 60.0 Å². The number of nitrogens with one attached hydrogen (secondary N) is 1. The van der Waals surface area contributed by atoms with Crippen LogP contribution in [0.25, 0.3) is 32.8 Å². The number of anilines is 1. The highest BCUT2D eigenvalue weighted by atomic mass is 79.9. The lowest BCUT2D eigenvalue weighted by atomic mass is 10.2. The molecule has 0 saturated heterocycles. The van der Waals surface area contributed by atoms with E-state index in [9.17, 15) is 4.79 Å². The first-order chi connectivity index (χ1) is 15.1. The number of rotatable bonds is 6. The molecule has 0 atom stereocenters. The van der Waals surface area contributed by atoms with Crippen molar-refractivity contribution in [2.24, 2.45) is 0 Å². The third-order valence-electron chi connectivity index (χ3n) is 4.60. The van der Waals surface area contributed by atoms with Gasteiger partial charge in [-0.3, -0.25) is 9.36 Å². The summed E-state index contributed by atoms with van der Waals surface area (Å²) in [5, 5.41) is 13.7. The van der Waals surface area contributed by atoms with E-state index in [-0.39, 0.29) is 11.7 Å². The van der Waals surface area contributed by atoms with Crippen molar-refractivity contribution < 1.29 is 9.21 Å². The standard InChI is InChI=1S/C21H16BrN5O2S2/c1-2-27-19(16-10-12-9-13(22)7-8-15(12)29-16)25-26-21(27)30-11-18(28)24-20-23-14-5-3-4-6-17(14)31-20/h3-10H,2,11H2,1H3,(H,23,24,28). The van der Waals surface area contributed by atoms with Gasteiger partial charge in [0.05, 0.1) is 16.0 Å². The number of thioether (sulfide) groups is 1. The van der Waals surface area contributed by atoms with E-state index >= 15 is 0 Å². The van der Waals surface area contributed by atoms with E-state index in [2.05, 4.69) is 36.4 Å². The fourth-order valence-electron chi connectivity index (χ4n) is 3.20. The number of thiazole rings is 1. The fourth-order valence-corrected chi connectivity index (χ4v) is 5.26. The van der Waals surface area contributed by atoms with Gasteiger partial charge in [0.2, 0.25) is 11.7 Å². The Morgan fingerprint density at radius 2 is 2.10 bits per heavy atom. The summed E-state index contributed by atoms with van der Waals surface area (Å²) >= 11 is 6.27. The molecule has 7 nitrogen and oxygen atoms in total. The van der Waals surface area contributed by atoms with Crippen LogP contribution < -0.4 is 5.32 Å². The number of hydrogen-bond donors (Lipinski definition) is 1. The smallest absolute Gasteiger partial charge is 0.236 e. The zero-order valence-corrected chi connectivity index (χ0v) is 19.6. The molecule has 0 aliphatic rings. The molecule has 10 heteroatoms. The Morgan fingerprint density at radius 1 is 1.23 bits per heavy atom. The van der Waals surface area contributed by atoms with Crippen LogP contribution in [0.1, 0.15) is 6.92 Å². The number of furan rings is 1. The number of amides is 1. The molecule has 5 aromatic rings. The van der Waals surface area contributed by atoms with Crippen LogP contribution >= 0.6 is 39.0 Å². The highest BCUT2D eigenvalue weighted by molar-refractivity contribution is 9.10. The number of nitrogens with zero attached hydrogens (tertiary/aromatic N) is 4. The molecule has 156 valence electrons. The molecule has 31 heavy (non-hydrogen) atoms. The second-order valence-electron chi connectivity index (χ2n) is 6.67. The van der Waals surface area contributed by atoms with Gasteiger partial charge in [-0.05, 0) is 43.3 Å². The Hall–Kier alpha value is -2.69. The zero-order valence-electron chi connectivity index (χ0n) is 16.3. The predicted molar refractivity (Wildman–Crippen MR) is 128 cm³/mol. The van der Waals surface area contributed by atoms with Crippen LogP contribution in [0, 0.1) is 0 Å². The molecule has 0 aliphatic carbocycles. The summed E-state index contributed by atoms with van der Waals surface area (Å²) in [5.41, 5.74) is 1.66. The lowest BCUT2D eigenvalue weighted by Gasteiger charge is -2.05. The van der Waals surface area contributed by atoms with Gasteiger partial charge < -0.3 is 9.73 Å². The average molecular weight is 514 g/mol. The maximum atomic E-state index is 12.4. The van der Waals surface area contributed by atoms with Crippen LogP contribution in [-0.2, 0) is 11.3 Å². The molecule has 3 aromatic heterocycles. The maximum Gasteiger partial charge on any atom is 0.236 e. The molecule has 5 rings (SSSR count). The molecule has 0 unspecified atom stereocenters. The summed E-state index contributed by atoms with van der Waals surface area (Å²) in [6.45, 7) is 2.67. The van der Waals surface area contributed by atoms with Gasteiger partial charge in [-0.1, -0.05) is 51.2 Å². The van der Waals surface area contributed by atoms with Crippen molar-refractivity contribution in [1.29, 1.82) is 0 Å². The molecular weight excluding hydrogens is 498 g/mol. The van der Waals surface area contributed by atoms with E-state index < -0.39 is 0 Å². The molecule has 0 saturated carbocycles. The van der Waals surface area contributed by atoms with Gasteiger partial charge in [-0.2, -0.15) is 0 Å². The monoisotopic (exact) mass is 513 g/mol. The first-order valence-electron chi connectivity index (χ1n) is 9.51. The summed E-state index contributed by atoms with van der Waals surface area (Å²) in [6, 6.07) is 15.6. The summed E-state index contributed by atoms with van der Waals surface area (Å²) < 4.78 is 9.93. The van der Waals surface area contributed by atoms with E-state index in [4.69, 9.17) is 4.42 Å². The first-order valence-corrected chi connectivity index (χ1v) is 12.1. The minimum atomic E-state index is -0.134. The Kier molecular flexibility index (Phi) is 5.51. The van der Waals surface area contributed by atoms with Crippen molar-refractivity contribution in [3.05, 3.63) is 53.0 Å². The summed E-state index contributed by atoms with van der Waals surface area (Å²) in [7, 11) is 0. The largest absolute Gasteiger partial charge is 0.453 e. The molecule has 0 aliphatic heterocycles.